The normalized spacial score (nSPS) is 21.2. The fraction of sp³-hybridized carbons (Fsp3) is 0.171. The van der Waals surface area contributed by atoms with Crippen molar-refractivity contribution in [1.82, 2.24) is 0 Å². The van der Waals surface area contributed by atoms with E-state index in [1.165, 1.54) is 0 Å². The number of carbonyl (C=O) groups excluding carboxylic acids is 3. The van der Waals surface area contributed by atoms with Gasteiger partial charge in [0.25, 0.3) is 0 Å². The lowest BCUT2D eigenvalue weighted by molar-refractivity contribution is 0.0664. The summed E-state index contributed by atoms with van der Waals surface area (Å²) in [6.07, 6.45) is 3.84. The summed E-state index contributed by atoms with van der Waals surface area (Å²) in [5, 5.41) is 0.501. The van der Waals surface area contributed by atoms with Crippen LogP contribution < -0.4 is 14.4 Å². The number of rotatable bonds is 5. The van der Waals surface area contributed by atoms with Gasteiger partial charge in [-0.3, -0.25) is 14.4 Å². The molecule has 0 radical (unpaired) electrons. The highest BCUT2D eigenvalue weighted by atomic mass is 35.5. The van der Waals surface area contributed by atoms with E-state index in [-0.39, 0.29) is 17.3 Å². The van der Waals surface area contributed by atoms with E-state index in [4.69, 9.17) is 21.1 Å². The first-order valence-corrected chi connectivity index (χ1v) is 14.1. The maximum Gasteiger partial charge on any atom is 0.185 e. The Balaban J connectivity index is 1.58. The lowest BCUT2D eigenvalue weighted by Gasteiger charge is -2.37. The van der Waals surface area contributed by atoms with Gasteiger partial charge in [-0.15, -0.1) is 0 Å². The van der Waals surface area contributed by atoms with Crippen LogP contribution in [0.15, 0.2) is 97.1 Å². The van der Waals surface area contributed by atoms with E-state index in [1.54, 1.807) is 80.9 Å². The fourth-order valence-electron chi connectivity index (χ4n) is 7.13. The second-order valence-electron chi connectivity index (χ2n) is 10.7. The number of ether oxygens (including phenoxy) is 2. The molecule has 7 rings (SSSR count). The van der Waals surface area contributed by atoms with Crippen molar-refractivity contribution < 1.29 is 23.9 Å². The first kappa shape index (κ1) is 26.2. The molecule has 4 aromatic carbocycles. The molecule has 42 heavy (non-hydrogen) atoms. The molecule has 1 spiro atoms. The molecule has 7 heteroatoms. The molecule has 3 aliphatic rings. The van der Waals surface area contributed by atoms with Crippen LogP contribution in [0.25, 0.3) is 6.08 Å². The molecule has 0 aromatic heterocycles. The van der Waals surface area contributed by atoms with E-state index >= 15 is 0 Å². The Hall–Kier alpha value is -4.68. The predicted molar refractivity (Wildman–Crippen MR) is 161 cm³/mol. The minimum absolute atomic E-state index is 0.231. The van der Waals surface area contributed by atoms with Gasteiger partial charge in [-0.2, -0.15) is 0 Å². The lowest BCUT2D eigenvalue weighted by atomic mass is 9.64. The van der Waals surface area contributed by atoms with Gasteiger partial charge in [0.1, 0.15) is 23.0 Å². The molecule has 0 unspecified atom stereocenters. The highest BCUT2D eigenvalue weighted by Gasteiger charge is 2.72. The average Bonchev–Trinajstić information content (AvgIpc) is 3.46. The second-order valence-corrected chi connectivity index (χ2v) is 11.2. The minimum atomic E-state index is -1.64. The Morgan fingerprint density at radius 1 is 0.833 bits per heavy atom. The number of ketones is 3. The van der Waals surface area contributed by atoms with Gasteiger partial charge in [0.2, 0.25) is 0 Å². The van der Waals surface area contributed by atoms with Gasteiger partial charge >= 0.3 is 0 Å². The molecule has 0 bridgehead atoms. The van der Waals surface area contributed by atoms with Crippen LogP contribution in [0.1, 0.15) is 48.1 Å². The van der Waals surface area contributed by atoms with E-state index in [2.05, 4.69) is 0 Å². The van der Waals surface area contributed by atoms with E-state index < -0.39 is 23.4 Å². The largest absolute Gasteiger partial charge is 0.497 e. The van der Waals surface area contributed by atoms with Crippen molar-refractivity contribution in [2.24, 2.45) is 5.41 Å². The number of carbonyl (C=O) groups is 3. The monoisotopic (exact) mass is 575 g/mol. The summed E-state index contributed by atoms with van der Waals surface area (Å²) in [5.41, 5.74) is 1.74. The first-order chi connectivity index (χ1) is 20.4. The number of halogens is 1. The molecular weight excluding hydrogens is 550 g/mol. The molecule has 1 saturated heterocycles. The standard InChI is InChI=1S/C35H26ClNO5/c1-41-23-16-17-28(42-2)26(19-23)30-31(32(38)21-11-14-22(36)15-12-21)37-27-10-6-3-7-20(27)13-18-29(37)35(30)33(39)24-8-4-5-9-25(24)34(35)40/h3-19,29-31H,1-2H3/t29-,30-,31-/m1/s1. The van der Waals surface area contributed by atoms with Crippen molar-refractivity contribution in [2.75, 3.05) is 19.1 Å². The van der Waals surface area contributed by atoms with Crippen LogP contribution in [0.2, 0.25) is 5.02 Å². The second kappa shape index (κ2) is 9.71. The van der Waals surface area contributed by atoms with E-state index in [0.29, 0.717) is 38.8 Å². The van der Waals surface area contributed by atoms with Crippen molar-refractivity contribution in [3.05, 3.63) is 130 Å². The number of nitrogens with zero attached hydrogens (tertiary/aromatic N) is 1. The Bertz CT molecular complexity index is 1780. The van der Waals surface area contributed by atoms with Crippen LogP contribution in [0.3, 0.4) is 0 Å². The topological polar surface area (TPSA) is 72.9 Å². The van der Waals surface area contributed by atoms with E-state index in [1.807, 2.05) is 41.3 Å². The number of para-hydroxylation sites is 1. The summed E-state index contributed by atoms with van der Waals surface area (Å²) in [4.78, 5) is 46.4. The summed E-state index contributed by atoms with van der Waals surface area (Å²) in [6, 6.07) is 25.0. The number of Topliss-reactive ketones (excluding diaryl/α,β-unsaturated/α-hetero) is 3. The van der Waals surface area contributed by atoms with Gasteiger partial charge < -0.3 is 14.4 Å². The zero-order valence-corrected chi connectivity index (χ0v) is 23.7. The molecule has 6 nitrogen and oxygen atoms in total. The molecule has 0 amide bonds. The van der Waals surface area contributed by atoms with Crippen molar-refractivity contribution in [2.45, 2.75) is 18.0 Å². The van der Waals surface area contributed by atoms with Crippen LogP contribution in [0.5, 0.6) is 11.5 Å². The minimum Gasteiger partial charge on any atom is -0.497 e. The highest BCUT2D eigenvalue weighted by Crippen LogP contribution is 2.62. The SMILES string of the molecule is COc1ccc(OC)c([C@@H]2[C@H](C(=O)c3ccc(Cl)cc3)N3c4ccccc4C=C[C@@H]3C23C(=O)c2ccccc2C3=O)c1. The number of methoxy groups -OCH3 is 2. The molecule has 1 aliphatic carbocycles. The third-order valence-corrected chi connectivity index (χ3v) is 9.13. The first-order valence-electron chi connectivity index (χ1n) is 13.7. The third kappa shape index (κ3) is 3.48. The maximum atomic E-state index is 14.8. The molecule has 0 N–H and O–H groups in total. The zero-order chi connectivity index (χ0) is 29.2. The summed E-state index contributed by atoms with van der Waals surface area (Å²) in [7, 11) is 3.09. The molecular formula is C35H26ClNO5. The van der Waals surface area contributed by atoms with Crippen molar-refractivity contribution >= 4 is 40.7 Å². The van der Waals surface area contributed by atoms with Gasteiger partial charge in [0.05, 0.1) is 20.3 Å². The summed E-state index contributed by atoms with van der Waals surface area (Å²) >= 11 is 6.19. The molecule has 208 valence electrons. The number of anilines is 1. The van der Waals surface area contributed by atoms with Gasteiger partial charge in [0, 0.05) is 38.9 Å². The molecule has 1 fully saturated rings. The smallest absolute Gasteiger partial charge is 0.185 e. The number of fused-ring (bicyclic) bond motifs is 5. The van der Waals surface area contributed by atoms with Gasteiger partial charge in [-0.1, -0.05) is 66.2 Å². The summed E-state index contributed by atoms with van der Waals surface area (Å²) < 4.78 is 11.4. The van der Waals surface area contributed by atoms with Crippen LogP contribution in [0.4, 0.5) is 5.69 Å². The van der Waals surface area contributed by atoms with Gasteiger partial charge in [0.15, 0.2) is 17.3 Å². The number of hydrogen-bond donors (Lipinski definition) is 0. The highest BCUT2D eigenvalue weighted by molar-refractivity contribution is 6.32. The average molecular weight is 576 g/mol. The lowest BCUT2D eigenvalue weighted by Crippen LogP contribution is -2.48. The molecule has 0 saturated carbocycles. The van der Waals surface area contributed by atoms with Crippen molar-refractivity contribution in [3.63, 3.8) is 0 Å². The van der Waals surface area contributed by atoms with Crippen molar-refractivity contribution in [3.8, 4) is 11.5 Å². The van der Waals surface area contributed by atoms with Crippen LogP contribution in [-0.4, -0.2) is 43.7 Å². The molecule has 2 heterocycles. The Morgan fingerprint density at radius 3 is 2.17 bits per heavy atom. The van der Waals surface area contributed by atoms with Crippen LogP contribution >= 0.6 is 11.6 Å². The summed E-state index contributed by atoms with van der Waals surface area (Å²) in [6.45, 7) is 0. The Morgan fingerprint density at radius 2 is 1.50 bits per heavy atom. The van der Waals surface area contributed by atoms with E-state index in [0.717, 1.165) is 11.3 Å². The molecule has 2 aliphatic heterocycles. The fourth-order valence-corrected chi connectivity index (χ4v) is 7.25. The van der Waals surface area contributed by atoms with Crippen LogP contribution in [-0.2, 0) is 0 Å². The van der Waals surface area contributed by atoms with Crippen LogP contribution in [0, 0.1) is 5.41 Å². The molecule has 3 atom stereocenters. The predicted octanol–water partition coefficient (Wildman–Crippen LogP) is 6.67. The molecule has 4 aromatic rings. The Kier molecular flexibility index (Phi) is 6.06. The number of benzene rings is 4. The summed E-state index contributed by atoms with van der Waals surface area (Å²) in [5.74, 6) is -0.770. The van der Waals surface area contributed by atoms with Crippen molar-refractivity contribution in [1.29, 1.82) is 0 Å². The third-order valence-electron chi connectivity index (χ3n) is 8.88. The number of hydrogen-bond acceptors (Lipinski definition) is 6. The maximum absolute atomic E-state index is 14.8. The van der Waals surface area contributed by atoms with E-state index in [9.17, 15) is 14.4 Å². The zero-order valence-electron chi connectivity index (χ0n) is 22.9. The van der Waals surface area contributed by atoms with Gasteiger partial charge in [-0.25, -0.2) is 0 Å². The van der Waals surface area contributed by atoms with Gasteiger partial charge in [-0.05, 0) is 54.1 Å². The quantitative estimate of drug-likeness (QED) is 0.195. The Labute approximate surface area is 248 Å².